The van der Waals surface area contributed by atoms with Crippen molar-refractivity contribution in [2.45, 2.75) is 72.2 Å². The molecule has 0 radical (unpaired) electrons. The second-order valence-corrected chi connectivity index (χ2v) is 6.95. The first kappa shape index (κ1) is 22.2. The first-order chi connectivity index (χ1) is 9.58. The molecular weight excluding hydrogens is 312 g/mol. The van der Waals surface area contributed by atoms with Crippen LogP contribution in [0, 0.1) is 17.8 Å². The fraction of sp³-hybridized carbons (Fsp3) is 0.875. The zero-order valence-electron chi connectivity index (χ0n) is 14.4. The molecule has 0 bridgehead atoms. The minimum absolute atomic E-state index is 0. The van der Waals surface area contributed by atoms with Crippen LogP contribution in [0.3, 0.4) is 0 Å². The van der Waals surface area contributed by atoms with Crippen LogP contribution >= 0.6 is 0 Å². The van der Waals surface area contributed by atoms with Gasteiger partial charge in [0.1, 0.15) is 12.5 Å². The van der Waals surface area contributed by atoms with Crippen molar-refractivity contribution < 1.29 is 24.2 Å². The molecule has 1 rings (SSSR count). The monoisotopic (exact) mass is 340 g/mol. The Bertz CT molecular complexity index is 375. The number of carbonyl (C=O) groups is 2. The number of esters is 2. The molecule has 1 aliphatic carbocycles. The predicted octanol–water partition coefficient (Wildman–Crippen LogP) is 2.27. The standard InChI is InChI=1S/C16H28O5.Ca/c1-10(2)12-7-6-11(3)8-13(12)20-14(17)9-15(18)21-16(4,5)19;/h10-13,19H,6-9H2,1-5H3;/q;+2. The van der Waals surface area contributed by atoms with Crippen molar-refractivity contribution in [3.8, 4) is 0 Å². The summed E-state index contributed by atoms with van der Waals surface area (Å²) >= 11 is 0. The molecule has 0 aromatic carbocycles. The first-order valence-electron chi connectivity index (χ1n) is 7.72. The van der Waals surface area contributed by atoms with Crippen molar-refractivity contribution in [1.29, 1.82) is 0 Å². The Hall–Kier alpha value is 0.160. The molecule has 0 saturated heterocycles. The van der Waals surface area contributed by atoms with Crippen LogP contribution in [0.1, 0.15) is 60.3 Å². The molecule has 0 aromatic heterocycles. The van der Waals surface area contributed by atoms with Gasteiger partial charge < -0.3 is 14.6 Å². The summed E-state index contributed by atoms with van der Waals surface area (Å²) in [6.45, 7) is 9.09. The van der Waals surface area contributed by atoms with Gasteiger partial charge in [-0.15, -0.1) is 0 Å². The Morgan fingerprint density at radius 2 is 1.82 bits per heavy atom. The summed E-state index contributed by atoms with van der Waals surface area (Å²) in [6, 6.07) is 0. The molecule has 1 aliphatic rings. The van der Waals surface area contributed by atoms with Crippen molar-refractivity contribution in [2.24, 2.45) is 17.8 Å². The minimum atomic E-state index is -1.57. The average molecular weight is 340 g/mol. The van der Waals surface area contributed by atoms with Gasteiger partial charge in [0.05, 0.1) is 0 Å². The van der Waals surface area contributed by atoms with Gasteiger partial charge in [0.15, 0.2) is 0 Å². The molecule has 0 aromatic rings. The van der Waals surface area contributed by atoms with Crippen LogP contribution in [-0.2, 0) is 19.1 Å². The number of aliphatic hydroxyl groups is 1. The van der Waals surface area contributed by atoms with E-state index >= 15 is 0 Å². The summed E-state index contributed by atoms with van der Waals surface area (Å²) in [5, 5.41) is 9.38. The van der Waals surface area contributed by atoms with Gasteiger partial charge in [0.2, 0.25) is 5.79 Å². The van der Waals surface area contributed by atoms with E-state index in [1.165, 1.54) is 13.8 Å². The summed E-state index contributed by atoms with van der Waals surface area (Å²) in [5.41, 5.74) is 0. The molecule has 0 aliphatic heterocycles. The van der Waals surface area contributed by atoms with Gasteiger partial charge in [-0.05, 0) is 30.6 Å². The van der Waals surface area contributed by atoms with Crippen molar-refractivity contribution in [1.82, 2.24) is 0 Å². The van der Waals surface area contributed by atoms with E-state index in [2.05, 4.69) is 20.8 Å². The molecule has 0 spiro atoms. The van der Waals surface area contributed by atoms with Crippen LogP contribution in [0.2, 0.25) is 0 Å². The minimum Gasteiger partial charge on any atom is -0.462 e. The maximum Gasteiger partial charge on any atom is 2.00 e. The van der Waals surface area contributed by atoms with Crippen LogP contribution in [0.5, 0.6) is 0 Å². The maximum atomic E-state index is 11.9. The van der Waals surface area contributed by atoms with Gasteiger partial charge >= 0.3 is 49.7 Å². The Morgan fingerprint density at radius 3 is 2.32 bits per heavy atom. The summed E-state index contributed by atoms with van der Waals surface area (Å²) in [6.07, 6.45) is 2.45. The molecule has 1 saturated carbocycles. The smallest absolute Gasteiger partial charge is 0.462 e. The van der Waals surface area contributed by atoms with Crippen molar-refractivity contribution >= 4 is 49.7 Å². The Kier molecular flexibility index (Phi) is 9.52. The fourth-order valence-corrected chi connectivity index (χ4v) is 2.89. The number of rotatable bonds is 5. The van der Waals surface area contributed by atoms with E-state index in [1.54, 1.807) is 0 Å². The van der Waals surface area contributed by atoms with Gasteiger partial charge in [-0.2, -0.15) is 0 Å². The molecule has 122 valence electrons. The molecule has 1 fully saturated rings. The van der Waals surface area contributed by atoms with E-state index in [0.717, 1.165) is 19.3 Å². The third-order valence-corrected chi connectivity index (χ3v) is 3.90. The molecule has 3 unspecified atom stereocenters. The Morgan fingerprint density at radius 1 is 1.23 bits per heavy atom. The zero-order chi connectivity index (χ0) is 16.2. The van der Waals surface area contributed by atoms with E-state index < -0.39 is 24.1 Å². The molecule has 5 nitrogen and oxygen atoms in total. The third-order valence-electron chi connectivity index (χ3n) is 3.90. The Labute approximate surface area is 163 Å². The number of hydrogen-bond donors (Lipinski definition) is 1. The molecule has 0 heterocycles. The van der Waals surface area contributed by atoms with Gasteiger partial charge in [0, 0.05) is 13.8 Å². The molecule has 3 atom stereocenters. The van der Waals surface area contributed by atoms with E-state index in [0.29, 0.717) is 17.8 Å². The van der Waals surface area contributed by atoms with Crippen LogP contribution in [0.4, 0.5) is 0 Å². The third kappa shape index (κ3) is 8.14. The van der Waals surface area contributed by atoms with E-state index in [1.807, 2.05) is 0 Å². The second-order valence-electron chi connectivity index (χ2n) is 6.95. The second kappa shape index (κ2) is 9.45. The summed E-state index contributed by atoms with van der Waals surface area (Å²) in [5.74, 6) is -1.60. The molecular formula is C16H28CaO5+2. The topological polar surface area (TPSA) is 72.8 Å². The van der Waals surface area contributed by atoms with Gasteiger partial charge in [-0.3, -0.25) is 9.59 Å². The Balaban J connectivity index is 0.00000441. The summed E-state index contributed by atoms with van der Waals surface area (Å²) in [7, 11) is 0. The average Bonchev–Trinajstić information content (AvgIpc) is 2.24. The SMILES string of the molecule is CC1CCC(C(C)C)C(OC(=O)CC(=O)OC(C)(C)O)C1.[Ca+2]. The summed E-state index contributed by atoms with van der Waals surface area (Å²) in [4.78, 5) is 23.4. The van der Waals surface area contributed by atoms with Crippen LogP contribution in [0.25, 0.3) is 0 Å². The fourth-order valence-electron chi connectivity index (χ4n) is 2.89. The van der Waals surface area contributed by atoms with E-state index in [-0.39, 0.29) is 43.8 Å². The zero-order valence-corrected chi connectivity index (χ0v) is 16.6. The largest absolute Gasteiger partial charge is 2.00 e. The number of ether oxygens (including phenoxy) is 2. The molecule has 1 N–H and O–H groups in total. The van der Waals surface area contributed by atoms with Crippen LogP contribution in [0.15, 0.2) is 0 Å². The predicted molar refractivity (Wildman–Crippen MR) is 84.0 cm³/mol. The van der Waals surface area contributed by atoms with Crippen molar-refractivity contribution in [3.63, 3.8) is 0 Å². The quantitative estimate of drug-likeness (QED) is 0.360. The van der Waals surface area contributed by atoms with Crippen molar-refractivity contribution in [3.05, 3.63) is 0 Å². The van der Waals surface area contributed by atoms with Gasteiger partial charge in [-0.1, -0.05) is 27.2 Å². The summed E-state index contributed by atoms with van der Waals surface area (Å²) < 4.78 is 10.2. The maximum absolute atomic E-state index is 11.9. The number of carbonyl (C=O) groups excluding carboxylic acids is 2. The van der Waals surface area contributed by atoms with Gasteiger partial charge in [0.25, 0.3) is 0 Å². The molecule has 0 amide bonds. The normalized spacial score (nSPS) is 25.3. The molecule has 6 heteroatoms. The van der Waals surface area contributed by atoms with E-state index in [9.17, 15) is 14.7 Å². The van der Waals surface area contributed by atoms with Crippen LogP contribution in [-0.4, -0.2) is 66.7 Å². The molecule has 22 heavy (non-hydrogen) atoms. The first-order valence-corrected chi connectivity index (χ1v) is 7.72. The van der Waals surface area contributed by atoms with Crippen molar-refractivity contribution in [2.75, 3.05) is 0 Å². The van der Waals surface area contributed by atoms with Crippen LogP contribution < -0.4 is 0 Å². The number of hydrogen-bond acceptors (Lipinski definition) is 5. The van der Waals surface area contributed by atoms with E-state index in [4.69, 9.17) is 9.47 Å². The van der Waals surface area contributed by atoms with Gasteiger partial charge in [-0.25, -0.2) is 0 Å².